The molecule has 3 N–H and O–H groups in total. The molecule has 212 valence electrons. The Morgan fingerprint density at radius 2 is 1.37 bits per heavy atom. The van der Waals surface area contributed by atoms with Crippen LogP contribution in [0.5, 0.6) is 0 Å². The van der Waals surface area contributed by atoms with E-state index >= 15 is 0 Å². The van der Waals surface area contributed by atoms with Crippen LogP contribution in [0.3, 0.4) is 0 Å². The van der Waals surface area contributed by atoms with Crippen molar-refractivity contribution in [1.29, 1.82) is 0 Å². The Kier molecular flexibility index (Phi) is 8.73. The average molecular weight is 580 g/mol. The highest BCUT2D eigenvalue weighted by molar-refractivity contribution is 7.91. The molecule has 0 aliphatic rings. The van der Waals surface area contributed by atoms with Crippen molar-refractivity contribution in [3.63, 3.8) is 0 Å². The Balaban J connectivity index is 2.35. The smallest absolute Gasteiger partial charge is 0.381 e. The largest absolute Gasteiger partial charge is 0.423 e. The van der Waals surface area contributed by atoms with E-state index < -0.39 is 68.9 Å². The molecule has 0 aliphatic heterocycles. The Labute approximate surface area is 210 Å². The summed E-state index contributed by atoms with van der Waals surface area (Å²) in [6.45, 7) is -0.210. The molecule has 1 amide bonds. The van der Waals surface area contributed by atoms with Gasteiger partial charge in [0.05, 0.1) is 17.7 Å². The first-order valence-electron chi connectivity index (χ1n) is 10.4. The van der Waals surface area contributed by atoms with E-state index in [9.17, 15) is 57.8 Å². The van der Waals surface area contributed by atoms with Crippen LogP contribution < -0.4 is 10.6 Å². The van der Waals surface area contributed by atoms with Crippen molar-refractivity contribution < 1.29 is 57.8 Å². The highest BCUT2D eigenvalue weighted by Crippen LogP contribution is 2.44. The summed E-state index contributed by atoms with van der Waals surface area (Å²) in [7, 11) is -3.59. The maximum absolute atomic E-state index is 13.9. The van der Waals surface area contributed by atoms with Gasteiger partial charge in [-0.15, -0.1) is 0 Å². The Morgan fingerprint density at radius 1 is 0.868 bits per heavy atom. The third kappa shape index (κ3) is 7.99. The number of amides is 1. The molecule has 0 fully saturated rings. The third-order valence-electron chi connectivity index (χ3n) is 5.29. The molecule has 1 atom stereocenters. The zero-order chi connectivity index (χ0) is 29.3. The van der Waals surface area contributed by atoms with Gasteiger partial charge in [-0.2, -0.15) is 39.5 Å². The lowest BCUT2D eigenvalue weighted by atomic mass is 9.89. The van der Waals surface area contributed by atoms with E-state index in [0.717, 1.165) is 6.26 Å². The Bertz CT molecular complexity index is 1260. The molecule has 6 nitrogen and oxygen atoms in total. The normalized spacial score (nSPS) is 14.6. The highest BCUT2D eigenvalue weighted by Gasteiger charge is 2.56. The van der Waals surface area contributed by atoms with Crippen molar-refractivity contribution in [2.75, 3.05) is 23.9 Å². The lowest BCUT2D eigenvalue weighted by Crippen LogP contribution is -2.48. The minimum Gasteiger partial charge on any atom is -0.381 e. The van der Waals surface area contributed by atoms with Gasteiger partial charge in [0.1, 0.15) is 5.75 Å². The van der Waals surface area contributed by atoms with Crippen molar-refractivity contribution in [3.05, 3.63) is 64.2 Å². The zero-order valence-corrected chi connectivity index (χ0v) is 20.4. The van der Waals surface area contributed by atoms with Crippen molar-refractivity contribution in [3.8, 4) is 0 Å². The molecule has 0 spiro atoms. The molecule has 0 saturated heterocycles. The number of rotatable bonds is 8. The van der Waals surface area contributed by atoms with E-state index in [4.69, 9.17) is 0 Å². The van der Waals surface area contributed by atoms with Crippen LogP contribution in [-0.2, 0) is 39.1 Å². The number of hydrogen-bond donors (Lipinski definition) is 3. The molecule has 0 radical (unpaired) electrons. The van der Waals surface area contributed by atoms with Crippen LogP contribution in [0.2, 0.25) is 0 Å². The number of halogens is 9. The second-order valence-electron chi connectivity index (χ2n) is 8.49. The van der Waals surface area contributed by atoms with Crippen LogP contribution in [0.4, 0.5) is 45.2 Å². The molecule has 0 unspecified atom stereocenters. The van der Waals surface area contributed by atoms with Gasteiger partial charge in [-0.25, -0.2) is 8.42 Å². The van der Waals surface area contributed by atoms with Gasteiger partial charge in [-0.1, -0.05) is 6.07 Å². The zero-order valence-electron chi connectivity index (χ0n) is 19.6. The van der Waals surface area contributed by atoms with E-state index in [1.807, 2.05) is 0 Å². The molecule has 0 saturated carbocycles. The van der Waals surface area contributed by atoms with E-state index in [1.54, 1.807) is 0 Å². The van der Waals surface area contributed by atoms with Gasteiger partial charge in [0.15, 0.2) is 9.84 Å². The first-order chi connectivity index (χ1) is 17.0. The SMILES string of the molecule is Cc1cc(NC[C@@](O)(c2cc(C(F)(F)F)cc(C(F)(F)F)c2)C(F)(F)F)ccc1CNC(=O)CS(C)(=O)=O. The standard InChI is InChI=1S/C22H21F9N2O4S/c1-12-5-17(4-3-13(12)9-32-18(34)10-38(2,36)37)33-11-19(35,22(29,30)31)14-6-15(20(23,24)25)8-16(7-14)21(26,27)28/h3-8,33,35H,9-11H2,1-2H3,(H,32,34)/t19-/m1/s1. The van der Waals surface area contributed by atoms with Crippen molar-refractivity contribution >= 4 is 21.4 Å². The second-order valence-corrected chi connectivity index (χ2v) is 10.6. The first kappa shape index (κ1) is 31.2. The van der Waals surface area contributed by atoms with Crippen LogP contribution in [0, 0.1) is 6.92 Å². The van der Waals surface area contributed by atoms with E-state index in [2.05, 4.69) is 10.6 Å². The topological polar surface area (TPSA) is 95.5 Å². The summed E-state index contributed by atoms with van der Waals surface area (Å²) < 4.78 is 143. The van der Waals surface area contributed by atoms with Crippen molar-refractivity contribution in [1.82, 2.24) is 5.32 Å². The fraction of sp³-hybridized carbons (Fsp3) is 0.409. The lowest BCUT2D eigenvalue weighted by Gasteiger charge is -2.32. The molecule has 38 heavy (non-hydrogen) atoms. The third-order valence-corrected chi connectivity index (χ3v) is 6.08. The molecule has 2 aromatic carbocycles. The Morgan fingerprint density at radius 3 is 1.79 bits per heavy atom. The number of alkyl halides is 9. The minimum atomic E-state index is -5.69. The van der Waals surface area contributed by atoms with Crippen LogP contribution in [0.15, 0.2) is 36.4 Å². The number of sulfone groups is 1. The van der Waals surface area contributed by atoms with Gasteiger partial charge in [-0.05, 0) is 53.9 Å². The summed E-state index contributed by atoms with van der Waals surface area (Å²) in [4.78, 5) is 11.6. The van der Waals surface area contributed by atoms with Crippen LogP contribution in [-0.4, -0.2) is 44.2 Å². The number of carbonyl (C=O) groups excluding carboxylic acids is 1. The molecule has 16 heteroatoms. The Hall–Kier alpha value is -3.01. The summed E-state index contributed by atoms with van der Waals surface area (Å²) in [6.07, 6.45) is -15.7. The molecule has 2 aromatic rings. The monoisotopic (exact) mass is 580 g/mol. The number of aliphatic hydroxyl groups is 1. The van der Waals surface area contributed by atoms with E-state index in [0.29, 0.717) is 11.1 Å². The number of benzene rings is 2. The molecular weight excluding hydrogens is 559 g/mol. The predicted octanol–water partition coefficient (Wildman–Crippen LogP) is 4.56. The maximum atomic E-state index is 13.9. The average Bonchev–Trinajstić information content (AvgIpc) is 2.73. The number of anilines is 1. The van der Waals surface area contributed by atoms with Crippen LogP contribution in [0.1, 0.15) is 27.8 Å². The summed E-state index contributed by atoms with van der Waals surface area (Å²) in [5, 5.41) is 14.9. The van der Waals surface area contributed by atoms with E-state index in [-0.39, 0.29) is 30.4 Å². The van der Waals surface area contributed by atoms with Gasteiger partial charge in [0, 0.05) is 18.5 Å². The molecule has 0 aromatic heterocycles. The highest BCUT2D eigenvalue weighted by atomic mass is 32.2. The predicted molar refractivity (Wildman–Crippen MR) is 118 cm³/mol. The molecule has 2 rings (SSSR count). The van der Waals surface area contributed by atoms with Crippen LogP contribution in [0.25, 0.3) is 0 Å². The minimum absolute atomic E-state index is 0.0839. The van der Waals surface area contributed by atoms with Crippen molar-refractivity contribution in [2.45, 2.75) is 37.6 Å². The number of aryl methyl sites for hydroxylation is 1. The van der Waals surface area contributed by atoms with Crippen molar-refractivity contribution in [2.24, 2.45) is 0 Å². The quantitative estimate of drug-likeness (QED) is 0.399. The number of carbonyl (C=O) groups is 1. The van der Waals surface area contributed by atoms with Gasteiger partial charge < -0.3 is 15.7 Å². The summed E-state index contributed by atoms with van der Waals surface area (Å²) in [5.41, 5.74) is -9.15. The fourth-order valence-electron chi connectivity index (χ4n) is 3.28. The second kappa shape index (κ2) is 10.6. The van der Waals surface area contributed by atoms with Gasteiger partial charge in [-0.3, -0.25) is 4.79 Å². The molecule has 0 aliphatic carbocycles. The molecular formula is C22H21F9N2O4S. The van der Waals surface area contributed by atoms with Gasteiger partial charge in [0.25, 0.3) is 0 Å². The summed E-state index contributed by atoms with van der Waals surface area (Å²) in [5.74, 6) is -1.57. The lowest BCUT2D eigenvalue weighted by molar-refractivity contribution is -0.261. The number of nitrogens with one attached hydrogen (secondary N) is 2. The first-order valence-corrected chi connectivity index (χ1v) is 12.5. The summed E-state index contributed by atoms with van der Waals surface area (Å²) >= 11 is 0. The maximum Gasteiger partial charge on any atom is 0.423 e. The molecule has 0 bridgehead atoms. The fourth-order valence-corrected chi connectivity index (χ4v) is 3.86. The van der Waals surface area contributed by atoms with Gasteiger partial charge in [0.2, 0.25) is 11.5 Å². The van der Waals surface area contributed by atoms with E-state index in [1.165, 1.54) is 25.1 Å². The molecule has 0 heterocycles. The number of hydrogen-bond acceptors (Lipinski definition) is 5. The van der Waals surface area contributed by atoms with Crippen LogP contribution >= 0.6 is 0 Å². The summed E-state index contributed by atoms with van der Waals surface area (Å²) in [6, 6.07) is 3.02. The van der Waals surface area contributed by atoms with Gasteiger partial charge >= 0.3 is 18.5 Å².